The minimum Gasteiger partial charge on any atom is -0.367 e. The largest absolute Gasteiger partial charge is 0.367 e. The number of anilines is 1. The second-order valence-corrected chi connectivity index (χ2v) is 7.68. The van der Waals surface area contributed by atoms with E-state index in [0.29, 0.717) is 24.4 Å². The van der Waals surface area contributed by atoms with Crippen LogP contribution < -0.4 is 10.2 Å². The Morgan fingerprint density at radius 2 is 2.04 bits per heavy atom. The van der Waals surface area contributed by atoms with Crippen LogP contribution in [-0.4, -0.2) is 47.3 Å². The number of nitro groups is 1. The fourth-order valence-corrected chi connectivity index (χ4v) is 4.65. The number of rotatable bonds is 1. The maximum absolute atomic E-state index is 13.2. The van der Waals surface area contributed by atoms with E-state index in [1.54, 1.807) is 6.07 Å². The highest BCUT2D eigenvalue weighted by atomic mass is 16.6. The Kier molecular flexibility index (Phi) is 3.72. The molecule has 0 unspecified atom stereocenters. The van der Waals surface area contributed by atoms with Crippen molar-refractivity contribution in [3.63, 3.8) is 0 Å². The molecule has 1 aromatic carbocycles. The number of carbonyl (C=O) groups is 3. The summed E-state index contributed by atoms with van der Waals surface area (Å²) in [5.41, 5.74) is -0.134. The number of nitro benzene ring substituents is 1. The van der Waals surface area contributed by atoms with Gasteiger partial charge in [0.15, 0.2) is 5.41 Å². The zero-order chi connectivity index (χ0) is 19.5. The first-order valence-corrected chi connectivity index (χ1v) is 8.93. The van der Waals surface area contributed by atoms with Crippen molar-refractivity contribution in [2.24, 2.45) is 11.3 Å². The topological polar surface area (TPSA) is 113 Å². The zero-order valence-electron chi connectivity index (χ0n) is 15.1. The van der Waals surface area contributed by atoms with E-state index in [2.05, 4.69) is 12.2 Å². The molecular formula is C18H20N4O5. The Bertz CT molecular complexity index is 885. The van der Waals surface area contributed by atoms with Gasteiger partial charge in [-0.25, -0.2) is 4.79 Å². The van der Waals surface area contributed by atoms with E-state index in [0.717, 1.165) is 17.0 Å². The molecular weight excluding hydrogens is 352 g/mol. The SMILES string of the molecule is C[C@@H]1CCN2c3ccc([N+](=O)[O-])cc3C[C@]3(C(=O)NC(=O)N(C)C3=O)[C@H]2C1. The highest BCUT2D eigenvalue weighted by Crippen LogP contribution is 2.48. The molecule has 0 aliphatic carbocycles. The summed E-state index contributed by atoms with van der Waals surface area (Å²) in [4.78, 5) is 51.8. The van der Waals surface area contributed by atoms with Crippen molar-refractivity contribution < 1.29 is 19.3 Å². The Hall–Kier alpha value is -2.97. The lowest BCUT2D eigenvalue weighted by molar-refractivity contribution is -0.384. The number of hydrogen-bond donors (Lipinski definition) is 1. The molecule has 1 aromatic rings. The molecule has 9 heteroatoms. The molecule has 1 N–H and O–H groups in total. The van der Waals surface area contributed by atoms with E-state index in [1.165, 1.54) is 19.2 Å². The number of hydrogen-bond acceptors (Lipinski definition) is 6. The smallest absolute Gasteiger partial charge is 0.330 e. The third kappa shape index (κ3) is 2.34. The highest BCUT2D eigenvalue weighted by Gasteiger charge is 2.62. The lowest BCUT2D eigenvalue weighted by atomic mass is 9.65. The van der Waals surface area contributed by atoms with Crippen molar-refractivity contribution in [2.45, 2.75) is 32.2 Å². The van der Waals surface area contributed by atoms with Gasteiger partial charge in [-0.1, -0.05) is 6.92 Å². The number of benzene rings is 1. The van der Waals surface area contributed by atoms with Crippen LogP contribution in [0.2, 0.25) is 0 Å². The fourth-order valence-electron chi connectivity index (χ4n) is 4.65. The lowest BCUT2D eigenvalue weighted by Crippen LogP contribution is -2.72. The Balaban J connectivity index is 1.90. The van der Waals surface area contributed by atoms with Crippen molar-refractivity contribution in [3.05, 3.63) is 33.9 Å². The number of barbiturate groups is 1. The summed E-state index contributed by atoms with van der Waals surface area (Å²) in [5, 5.41) is 13.5. The predicted molar refractivity (Wildman–Crippen MR) is 95.1 cm³/mol. The van der Waals surface area contributed by atoms with E-state index in [4.69, 9.17) is 0 Å². The Morgan fingerprint density at radius 1 is 1.30 bits per heavy atom. The van der Waals surface area contributed by atoms with Crippen molar-refractivity contribution in [1.29, 1.82) is 0 Å². The normalized spacial score (nSPS) is 30.1. The second kappa shape index (κ2) is 5.77. The minimum absolute atomic E-state index is 0.0419. The van der Waals surface area contributed by atoms with Crippen molar-refractivity contribution >= 4 is 29.2 Å². The molecule has 2 fully saturated rings. The monoisotopic (exact) mass is 372 g/mol. The molecule has 4 rings (SSSR count). The van der Waals surface area contributed by atoms with Crippen LogP contribution in [0.5, 0.6) is 0 Å². The number of amides is 4. The molecule has 3 atom stereocenters. The molecule has 0 saturated carbocycles. The number of urea groups is 1. The number of nitrogens with zero attached hydrogens (tertiary/aromatic N) is 3. The summed E-state index contributed by atoms with van der Waals surface area (Å²) < 4.78 is 0. The first kappa shape index (κ1) is 17.4. The third-order valence-corrected chi connectivity index (χ3v) is 6.10. The molecule has 3 aliphatic heterocycles. The molecule has 9 nitrogen and oxygen atoms in total. The van der Waals surface area contributed by atoms with Crippen LogP contribution in [-0.2, 0) is 16.0 Å². The first-order chi connectivity index (χ1) is 12.8. The average Bonchev–Trinajstić information content (AvgIpc) is 2.64. The molecule has 3 aliphatic rings. The van der Waals surface area contributed by atoms with E-state index >= 15 is 0 Å². The molecule has 0 aromatic heterocycles. The van der Waals surface area contributed by atoms with Crippen LogP contribution in [0.25, 0.3) is 0 Å². The van der Waals surface area contributed by atoms with Crippen LogP contribution in [0.1, 0.15) is 25.3 Å². The molecule has 4 amide bonds. The van der Waals surface area contributed by atoms with Crippen LogP contribution in [0.3, 0.4) is 0 Å². The van der Waals surface area contributed by atoms with Crippen LogP contribution in [0.15, 0.2) is 18.2 Å². The quantitative estimate of drug-likeness (QED) is 0.453. The van der Waals surface area contributed by atoms with Crippen LogP contribution in [0, 0.1) is 21.4 Å². The van der Waals surface area contributed by atoms with Gasteiger partial charge >= 0.3 is 6.03 Å². The van der Waals surface area contributed by atoms with E-state index in [9.17, 15) is 24.5 Å². The van der Waals surface area contributed by atoms with Gasteiger partial charge in [-0.05, 0) is 30.4 Å². The van der Waals surface area contributed by atoms with Crippen molar-refractivity contribution in [3.8, 4) is 0 Å². The van der Waals surface area contributed by atoms with Gasteiger partial charge in [0.1, 0.15) is 0 Å². The summed E-state index contributed by atoms with van der Waals surface area (Å²) in [5.74, 6) is -0.833. The number of fused-ring (bicyclic) bond motifs is 4. The summed E-state index contributed by atoms with van der Waals surface area (Å²) in [6.07, 6.45) is 1.57. The van der Waals surface area contributed by atoms with Gasteiger partial charge in [0.25, 0.3) is 5.69 Å². The van der Waals surface area contributed by atoms with Gasteiger partial charge in [-0.2, -0.15) is 0 Å². The van der Waals surface area contributed by atoms with Gasteiger partial charge in [-0.15, -0.1) is 0 Å². The lowest BCUT2D eigenvalue weighted by Gasteiger charge is -2.54. The van der Waals surface area contributed by atoms with Gasteiger partial charge in [0, 0.05) is 37.8 Å². The summed E-state index contributed by atoms with van der Waals surface area (Å²) in [6.45, 7) is 2.73. The van der Waals surface area contributed by atoms with Crippen LogP contribution >= 0.6 is 0 Å². The van der Waals surface area contributed by atoms with Crippen molar-refractivity contribution in [1.82, 2.24) is 10.2 Å². The predicted octanol–water partition coefficient (Wildman–Crippen LogP) is 1.45. The average molecular weight is 372 g/mol. The van der Waals surface area contributed by atoms with E-state index < -0.39 is 34.2 Å². The second-order valence-electron chi connectivity index (χ2n) is 7.68. The van der Waals surface area contributed by atoms with E-state index in [-0.39, 0.29) is 12.1 Å². The summed E-state index contributed by atoms with van der Waals surface area (Å²) in [6, 6.07) is 3.45. The highest BCUT2D eigenvalue weighted by molar-refractivity contribution is 6.20. The first-order valence-electron chi connectivity index (χ1n) is 8.93. The van der Waals surface area contributed by atoms with Crippen LogP contribution in [0.4, 0.5) is 16.2 Å². The molecule has 0 bridgehead atoms. The fraction of sp³-hybridized carbons (Fsp3) is 0.500. The van der Waals surface area contributed by atoms with Gasteiger partial charge in [0.2, 0.25) is 11.8 Å². The molecule has 27 heavy (non-hydrogen) atoms. The zero-order valence-corrected chi connectivity index (χ0v) is 15.1. The molecule has 142 valence electrons. The Morgan fingerprint density at radius 3 is 2.74 bits per heavy atom. The number of imide groups is 2. The van der Waals surface area contributed by atoms with Gasteiger partial charge in [-0.3, -0.25) is 29.9 Å². The van der Waals surface area contributed by atoms with Gasteiger partial charge in [0.05, 0.1) is 11.0 Å². The maximum Gasteiger partial charge on any atom is 0.330 e. The van der Waals surface area contributed by atoms with E-state index in [1.807, 2.05) is 4.90 Å². The maximum atomic E-state index is 13.2. The third-order valence-electron chi connectivity index (χ3n) is 6.10. The molecule has 0 radical (unpaired) electrons. The minimum atomic E-state index is -1.46. The van der Waals surface area contributed by atoms with Gasteiger partial charge < -0.3 is 4.90 Å². The number of nitrogens with one attached hydrogen (secondary N) is 1. The summed E-state index contributed by atoms with van der Waals surface area (Å²) in [7, 11) is 1.35. The number of carbonyl (C=O) groups excluding carboxylic acids is 3. The molecule has 2 saturated heterocycles. The number of piperidine rings is 1. The molecule has 1 spiro atoms. The summed E-state index contributed by atoms with van der Waals surface area (Å²) >= 11 is 0. The Labute approximate surface area is 155 Å². The molecule has 3 heterocycles. The number of non-ortho nitro benzene ring substituents is 1. The standard InChI is InChI=1S/C18H20N4O5/c1-10-5-6-21-13-4-3-12(22(26)27)8-11(13)9-18(14(21)7-10)15(23)19-17(25)20(2)16(18)24/h3-4,8,10,14H,5-7,9H2,1-2H3,(H,19,23,25)/t10-,14-,18-/m1/s1. The van der Waals surface area contributed by atoms with Crippen molar-refractivity contribution in [2.75, 3.05) is 18.5 Å².